The van der Waals surface area contributed by atoms with Crippen molar-refractivity contribution in [2.75, 3.05) is 26.9 Å². The number of hydrogen-bond acceptors (Lipinski definition) is 11. The number of likely N-dealkylation sites (tertiary alicyclic amines) is 1. The Balaban J connectivity index is 1.82. The summed E-state index contributed by atoms with van der Waals surface area (Å²) in [7, 11) is -0.268. The number of benzene rings is 1. The molecule has 1 aromatic carbocycles. The van der Waals surface area contributed by atoms with Crippen LogP contribution in [0.1, 0.15) is 133 Å². The van der Waals surface area contributed by atoms with Gasteiger partial charge < -0.3 is 35.5 Å². The zero-order valence-electron chi connectivity index (χ0n) is 39.0. The van der Waals surface area contributed by atoms with Gasteiger partial charge in [-0.1, -0.05) is 73.4 Å². The second-order valence-electron chi connectivity index (χ2n) is 18.5. The summed E-state index contributed by atoms with van der Waals surface area (Å²) in [6, 6.07) is 5.51. The maximum Gasteiger partial charge on any atom is 0.307 e. The normalized spacial score (nSPS) is 17.6. The maximum absolute atomic E-state index is 14.7. The van der Waals surface area contributed by atoms with E-state index in [1.165, 1.54) is 11.3 Å². The molecule has 0 spiro atoms. The molecular weight excluding hydrogens is 825 g/mol. The van der Waals surface area contributed by atoms with Crippen LogP contribution in [0.5, 0.6) is 5.75 Å². The van der Waals surface area contributed by atoms with Crippen LogP contribution < -0.4 is 16.0 Å². The van der Waals surface area contributed by atoms with Crippen molar-refractivity contribution in [2.45, 2.75) is 162 Å². The molecule has 2 heterocycles. The number of aromatic hydroxyl groups is 1. The molecule has 0 saturated carbocycles. The molecule has 7 atom stereocenters. The molecule has 1 saturated heterocycles. The Bertz CT molecular complexity index is 1740. The number of phenolic OH excluding ortho intramolecular Hbond substituents is 1. The number of carbonyl (C=O) groups excluding carboxylic acids is 5. The van der Waals surface area contributed by atoms with Crippen LogP contribution in [0.15, 0.2) is 29.6 Å². The minimum absolute atomic E-state index is 0.0602. The SMILES string of the molecule is CCCC(=O)OCN(C(=O)[C@@H](NC(=O)[C@H]1CCCCN1C)[C@@H](C)CC)[C@H](C[C@@H](C)c1nc(C(=O)N[C@@H](Cc2ccc(O)cc2)C[C@H](C)C(=O)NCCC[Si](C)(C)O)cs1)C(C)C. The third kappa shape index (κ3) is 17.0. The lowest BCUT2D eigenvalue weighted by Crippen LogP contribution is -2.59. The summed E-state index contributed by atoms with van der Waals surface area (Å²) in [5.74, 6) is -2.07. The first kappa shape index (κ1) is 52.5. The van der Waals surface area contributed by atoms with E-state index < -0.39 is 38.3 Å². The van der Waals surface area contributed by atoms with Gasteiger partial charge in [0.15, 0.2) is 15.0 Å². The molecule has 3 rings (SSSR count). The molecule has 14 nitrogen and oxygen atoms in total. The van der Waals surface area contributed by atoms with Crippen LogP contribution in [0.2, 0.25) is 19.1 Å². The molecular formula is C46H76N6O8SSi. The van der Waals surface area contributed by atoms with E-state index in [0.29, 0.717) is 56.1 Å². The van der Waals surface area contributed by atoms with E-state index in [4.69, 9.17) is 9.72 Å². The van der Waals surface area contributed by atoms with E-state index in [-0.39, 0.29) is 72.0 Å². The van der Waals surface area contributed by atoms with Crippen molar-refractivity contribution in [3.63, 3.8) is 0 Å². The fourth-order valence-electron chi connectivity index (χ4n) is 7.91. The van der Waals surface area contributed by atoms with Crippen LogP contribution >= 0.6 is 11.3 Å². The molecule has 4 amide bonds. The molecule has 0 bridgehead atoms. The standard InChI is InChI=1S/C46H76N6O8SSi/c1-11-16-40(54)60-29-52(46(58)41(31(5)12-2)50-44(57)38-17-13-14-23-51(38)8)39(30(3)4)26-33(7)45-49-37(28-61-45)43(56)48-35(27-34-18-20-36(53)21-19-34)25-32(6)42(55)47-22-15-24-62(9,10)59/h18-21,28,30-33,35,38-39,41,53,59H,11-17,22-27,29H2,1-10H3,(H,47,55)(H,48,56)(H,50,57)/t31-,32-,33+,35+,38+,39+,41-/m0/s1. The monoisotopic (exact) mass is 901 g/mol. The fraction of sp³-hybridized carbons (Fsp3) is 0.696. The summed E-state index contributed by atoms with van der Waals surface area (Å²) in [4.78, 5) is 86.7. The van der Waals surface area contributed by atoms with Crippen molar-refractivity contribution in [2.24, 2.45) is 17.8 Å². The number of aromatic nitrogens is 1. The number of esters is 1. The Hall–Kier alpha value is -3.86. The Kier molecular flexibility index (Phi) is 21.5. The van der Waals surface area contributed by atoms with Crippen LogP contribution in [0.4, 0.5) is 0 Å². The first-order chi connectivity index (χ1) is 29.2. The zero-order valence-corrected chi connectivity index (χ0v) is 40.8. The second kappa shape index (κ2) is 25.4. The predicted molar refractivity (Wildman–Crippen MR) is 247 cm³/mol. The number of piperidine rings is 1. The van der Waals surface area contributed by atoms with Crippen LogP contribution in [-0.4, -0.2) is 114 Å². The van der Waals surface area contributed by atoms with E-state index in [0.717, 1.165) is 31.4 Å². The lowest BCUT2D eigenvalue weighted by molar-refractivity contribution is -0.159. The van der Waals surface area contributed by atoms with Gasteiger partial charge in [0.25, 0.3) is 5.91 Å². The van der Waals surface area contributed by atoms with Gasteiger partial charge in [0.2, 0.25) is 17.7 Å². The number of nitrogens with one attached hydrogen (secondary N) is 3. The van der Waals surface area contributed by atoms with Crippen LogP contribution in [0, 0.1) is 17.8 Å². The minimum Gasteiger partial charge on any atom is -0.508 e. The third-order valence-corrected chi connectivity index (χ3v) is 14.7. The number of amides is 4. The van der Waals surface area contributed by atoms with Crippen LogP contribution in [0.3, 0.4) is 0 Å². The van der Waals surface area contributed by atoms with E-state index in [9.17, 15) is 33.9 Å². The van der Waals surface area contributed by atoms with Gasteiger partial charge >= 0.3 is 5.97 Å². The van der Waals surface area contributed by atoms with E-state index in [1.54, 1.807) is 34.5 Å². The highest BCUT2D eigenvalue weighted by Crippen LogP contribution is 2.30. The van der Waals surface area contributed by atoms with E-state index in [1.807, 2.05) is 73.5 Å². The summed E-state index contributed by atoms with van der Waals surface area (Å²) in [6.45, 7) is 18.5. The first-order valence-electron chi connectivity index (χ1n) is 22.7. The third-order valence-electron chi connectivity index (χ3n) is 12.0. The van der Waals surface area contributed by atoms with Crippen LogP contribution in [0.25, 0.3) is 0 Å². The summed E-state index contributed by atoms with van der Waals surface area (Å²) >= 11 is 1.36. The van der Waals surface area contributed by atoms with Crippen molar-refractivity contribution < 1.29 is 38.6 Å². The van der Waals surface area contributed by atoms with Crippen LogP contribution in [-0.2, 0) is 30.3 Å². The quantitative estimate of drug-likeness (QED) is 0.0315. The summed E-state index contributed by atoms with van der Waals surface area (Å²) in [6.07, 6.45) is 6.14. The Morgan fingerprint density at radius 1 is 1.02 bits per heavy atom. The summed E-state index contributed by atoms with van der Waals surface area (Å²) in [5, 5.41) is 21.5. The highest BCUT2D eigenvalue weighted by molar-refractivity contribution is 7.09. The lowest BCUT2D eigenvalue weighted by atomic mass is 9.90. The number of hydrogen-bond donors (Lipinski definition) is 5. The Labute approximate surface area is 375 Å². The molecule has 1 aliphatic rings. The number of likely N-dealkylation sites (N-methyl/N-ethyl adjacent to an activating group) is 1. The average Bonchev–Trinajstić information content (AvgIpc) is 3.72. The molecule has 5 N–H and O–H groups in total. The number of phenols is 1. The number of rotatable bonds is 25. The number of nitrogens with zero attached hydrogens (tertiary/aromatic N) is 3. The fourth-order valence-corrected chi connectivity index (χ4v) is 9.82. The zero-order chi connectivity index (χ0) is 46.1. The van der Waals surface area contributed by atoms with E-state index >= 15 is 0 Å². The second-order valence-corrected chi connectivity index (χ2v) is 23.5. The van der Waals surface area contributed by atoms with Crippen molar-refractivity contribution >= 4 is 49.3 Å². The van der Waals surface area contributed by atoms with Crippen molar-refractivity contribution in [1.29, 1.82) is 0 Å². The molecule has 0 aliphatic carbocycles. The molecule has 1 aliphatic heterocycles. The smallest absolute Gasteiger partial charge is 0.307 e. The number of ether oxygens (including phenoxy) is 1. The molecule has 1 fully saturated rings. The van der Waals surface area contributed by atoms with Gasteiger partial charge in [0, 0.05) is 42.3 Å². The lowest BCUT2D eigenvalue weighted by Gasteiger charge is -2.39. The number of carbonyl (C=O) groups is 5. The first-order valence-corrected chi connectivity index (χ1v) is 26.8. The largest absolute Gasteiger partial charge is 0.508 e. The summed E-state index contributed by atoms with van der Waals surface area (Å²) in [5.41, 5.74) is 1.13. The highest BCUT2D eigenvalue weighted by Gasteiger charge is 2.38. The van der Waals surface area contributed by atoms with Gasteiger partial charge in [-0.3, -0.25) is 28.9 Å². The molecule has 348 valence electrons. The minimum atomic E-state index is -2.21. The van der Waals surface area contributed by atoms with Crippen molar-refractivity contribution in [1.82, 2.24) is 30.7 Å². The van der Waals surface area contributed by atoms with Gasteiger partial charge in [-0.25, -0.2) is 4.98 Å². The molecule has 2 aromatic rings. The molecule has 0 unspecified atom stereocenters. The molecule has 1 aromatic heterocycles. The van der Waals surface area contributed by atoms with E-state index in [2.05, 4.69) is 16.0 Å². The average molecular weight is 901 g/mol. The van der Waals surface area contributed by atoms with Crippen molar-refractivity contribution in [3.05, 3.63) is 45.9 Å². The Morgan fingerprint density at radius 2 is 1.71 bits per heavy atom. The molecule has 16 heteroatoms. The molecule has 62 heavy (non-hydrogen) atoms. The van der Waals surface area contributed by atoms with Gasteiger partial charge in [0.1, 0.15) is 17.5 Å². The van der Waals surface area contributed by atoms with Gasteiger partial charge in [0.05, 0.1) is 11.0 Å². The highest BCUT2D eigenvalue weighted by atomic mass is 32.1. The predicted octanol–water partition coefficient (Wildman–Crippen LogP) is 6.58. The summed E-state index contributed by atoms with van der Waals surface area (Å²) < 4.78 is 5.72. The Morgan fingerprint density at radius 3 is 2.32 bits per heavy atom. The number of thiazole rings is 1. The van der Waals surface area contributed by atoms with Gasteiger partial charge in [-0.2, -0.15) is 0 Å². The van der Waals surface area contributed by atoms with Gasteiger partial charge in [-0.15, -0.1) is 11.3 Å². The van der Waals surface area contributed by atoms with Crippen molar-refractivity contribution in [3.8, 4) is 5.75 Å². The van der Waals surface area contributed by atoms with Gasteiger partial charge in [-0.05, 0) is 107 Å². The molecule has 0 radical (unpaired) electrons. The maximum atomic E-state index is 14.7. The topological polar surface area (TPSA) is 190 Å².